The van der Waals surface area contributed by atoms with Gasteiger partial charge < -0.3 is 4.57 Å². The summed E-state index contributed by atoms with van der Waals surface area (Å²) in [5, 5.41) is -0.457. The molecule has 3 heterocycles. The molecule has 0 radical (unpaired) electrons. The molecule has 1 aliphatic heterocycles. The van der Waals surface area contributed by atoms with Crippen LogP contribution in [0.5, 0.6) is 0 Å². The number of anilines is 1. The first kappa shape index (κ1) is 22.5. The lowest BCUT2D eigenvalue weighted by Gasteiger charge is -2.31. The van der Waals surface area contributed by atoms with E-state index in [0.717, 1.165) is 50.4 Å². The highest BCUT2D eigenvalue weighted by Gasteiger charge is 2.22. The number of hydrogen-bond donors (Lipinski definition) is 1. The van der Waals surface area contributed by atoms with Gasteiger partial charge in [-0.25, -0.2) is 13.4 Å². The summed E-state index contributed by atoms with van der Waals surface area (Å²) in [5.74, 6) is 0.441. The summed E-state index contributed by atoms with van der Waals surface area (Å²) in [6.07, 6.45) is 7.89. The number of nitrogens with one attached hydrogen (secondary N) is 1. The number of aromatic nitrogens is 3. The van der Waals surface area contributed by atoms with Crippen molar-refractivity contribution in [1.82, 2.24) is 19.4 Å². The van der Waals surface area contributed by atoms with Gasteiger partial charge in [-0.1, -0.05) is 18.2 Å². The first-order valence-electron chi connectivity index (χ1n) is 11.1. The third kappa shape index (κ3) is 5.75. The molecule has 32 heavy (non-hydrogen) atoms. The number of rotatable bonds is 8. The molecule has 4 rings (SSSR count). The highest BCUT2D eigenvalue weighted by Crippen LogP contribution is 2.30. The van der Waals surface area contributed by atoms with Crippen molar-refractivity contribution in [3.05, 3.63) is 78.1 Å². The van der Waals surface area contributed by atoms with Crippen molar-refractivity contribution >= 4 is 15.7 Å². The van der Waals surface area contributed by atoms with Crippen LogP contribution in [0.3, 0.4) is 0 Å². The van der Waals surface area contributed by atoms with Gasteiger partial charge in [-0.2, -0.15) is 0 Å². The number of pyridine rings is 1. The molecule has 2 aromatic heterocycles. The Balaban J connectivity index is 1.31. The quantitative estimate of drug-likeness (QED) is 0.560. The second-order valence-corrected chi connectivity index (χ2v) is 11.0. The second kappa shape index (κ2) is 9.83. The Bertz CT molecular complexity index is 1120. The molecule has 1 fully saturated rings. The molecule has 1 aromatic carbocycles. The topological polar surface area (TPSA) is 80.1 Å². The van der Waals surface area contributed by atoms with Crippen LogP contribution in [0.2, 0.25) is 0 Å². The summed E-state index contributed by atoms with van der Waals surface area (Å²) >= 11 is 0. The largest absolute Gasteiger partial charge is 0.331 e. The number of likely N-dealkylation sites (tertiary alicyclic amines) is 1. The van der Waals surface area contributed by atoms with Crippen molar-refractivity contribution in [3.8, 4) is 0 Å². The molecular weight excluding hydrogens is 422 g/mol. The van der Waals surface area contributed by atoms with Crippen molar-refractivity contribution in [2.75, 3.05) is 17.8 Å². The molecule has 3 aromatic rings. The fourth-order valence-electron chi connectivity index (χ4n) is 4.04. The number of imidazole rings is 1. The van der Waals surface area contributed by atoms with Gasteiger partial charge in [0.25, 0.3) is 0 Å². The van der Waals surface area contributed by atoms with Crippen LogP contribution in [0.25, 0.3) is 0 Å². The van der Waals surface area contributed by atoms with Gasteiger partial charge in [0.2, 0.25) is 10.0 Å². The van der Waals surface area contributed by atoms with Crippen LogP contribution in [-0.4, -0.2) is 46.2 Å². The lowest BCUT2D eigenvalue weighted by molar-refractivity contribution is 0.203. The lowest BCUT2D eigenvalue weighted by Crippen LogP contribution is -2.32. The van der Waals surface area contributed by atoms with E-state index in [1.807, 2.05) is 48.9 Å². The van der Waals surface area contributed by atoms with E-state index in [1.165, 1.54) is 5.56 Å². The predicted octanol–water partition coefficient (Wildman–Crippen LogP) is 3.86. The van der Waals surface area contributed by atoms with Crippen molar-refractivity contribution in [2.24, 2.45) is 0 Å². The highest BCUT2D eigenvalue weighted by atomic mass is 32.2. The number of benzene rings is 1. The predicted molar refractivity (Wildman–Crippen MR) is 127 cm³/mol. The van der Waals surface area contributed by atoms with Gasteiger partial charge in [0.05, 0.1) is 29.5 Å². The van der Waals surface area contributed by atoms with E-state index < -0.39 is 15.3 Å². The minimum atomic E-state index is -3.33. The van der Waals surface area contributed by atoms with E-state index in [0.29, 0.717) is 11.6 Å². The smallest absolute Gasteiger partial charge is 0.235 e. The molecule has 1 saturated heterocycles. The Labute approximate surface area is 190 Å². The molecule has 170 valence electrons. The van der Waals surface area contributed by atoms with E-state index in [2.05, 4.69) is 36.4 Å². The first-order chi connectivity index (χ1) is 15.4. The van der Waals surface area contributed by atoms with Crippen molar-refractivity contribution in [2.45, 2.75) is 50.9 Å². The molecule has 1 N–H and O–H groups in total. The van der Waals surface area contributed by atoms with Gasteiger partial charge in [-0.15, -0.1) is 0 Å². The SMILES string of the molecule is CC(C)S(=O)(=O)Nc1cccc(C2CCN(Cc3cn(Cc4ccccn4)cn3)CC2)c1. The Morgan fingerprint density at radius 2 is 1.84 bits per heavy atom. The van der Waals surface area contributed by atoms with Crippen molar-refractivity contribution < 1.29 is 8.42 Å². The molecule has 0 atom stereocenters. The van der Waals surface area contributed by atoms with E-state index in [9.17, 15) is 8.42 Å². The van der Waals surface area contributed by atoms with Gasteiger partial charge in [-0.05, 0) is 75.5 Å². The number of piperidine rings is 1. The maximum absolute atomic E-state index is 12.2. The average molecular weight is 454 g/mol. The molecule has 0 unspecified atom stereocenters. The van der Waals surface area contributed by atoms with Crippen LogP contribution in [0, 0.1) is 0 Å². The summed E-state index contributed by atoms with van der Waals surface area (Å²) in [6, 6.07) is 13.8. The zero-order valence-electron chi connectivity index (χ0n) is 18.7. The summed E-state index contributed by atoms with van der Waals surface area (Å²) in [4.78, 5) is 11.4. The summed E-state index contributed by atoms with van der Waals surface area (Å²) in [7, 11) is -3.33. The second-order valence-electron chi connectivity index (χ2n) is 8.73. The molecule has 1 aliphatic rings. The Morgan fingerprint density at radius 1 is 1.03 bits per heavy atom. The number of hydrogen-bond acceptors (Lipinski definition) is 5. The van der Waals surface area contributed by atoms with Crippen molar-refractivity contribution in [3.63, 3.8) is 0 Å². The number of nitrogens with zero attached hydrogens (tertiary/aromatic N) is 4. The Morgan fingerprint density at radius 3 is 2.56 bits per heavy atom. The van der Waals surface area contributed by atoms with Gasteiger partial charge in [0, 0.05) is 24.6 Å². The molecule has 0 spiro atoms. The molecule has 0 amide bonds. The van der Waals surface area contributed by atoms with E-state index >= 15 is 0 Å². The average Bonchev–Trinajstić information content (AvgIpc) is 3.21. The summed E-state index contributed by atoms with van der Waals surface area (Å²) in [5.41, 5.74) is 3.95. The first-order valence-corrected chi connectivity index (χ1v) is 12.7. The van der Waals surface area contributed by atoms with E-state index in [1.54, 1.807) is 13.8 Å². The van der Waals surface area contributed by atoms with Gasteiger partial charge in [-0.3, -0.25) is 14.6 Å². The van der Waals surface area contributed by atoms with Gasteiger partial charge in [0.1, 0.15) is 0 Å². The summed E-state index contributed by atoms with van der Waals surface area (Å²) in [6.45, 7) is 6.94. The molecule has 7 nitrogen and oxygen atoms in total. The zero-order valence-corrected chi connectivity index (χ0v) is 19.5. The normalized spacial score (nSPS) is 15.8. The maximum Gasteiger partial charge on any atom is 0.235 e. The monoisotopic (exact) mass is 453 g/mol. The third-order valence-corrected chi connectivity index (χ3v) is 7.73. The number of sulfonamides is 1. The highest BCUT2D eigenvalue weighted by molar-refractivity contribution is 7.93. The van der Waals surface area contributed by atoms with Gasteiger partial charge in [0.15, 0.2) is 0 Å². The summed E-state index contributed by atoms with van der Waals surface area (Å²) < 4.78 is 29.1. The molecule has 0 saturated carbocycles. The Hall–Kier alpha value is -2.71. The molecule has 8 heteroatoms. The van der Waals surface area contributed by atoms with Crippen molar-refractivity contribution in [1.29, 1.82) is 0 Å². The fraction of sp³-hybridized carbons (Fsp3) is 0.417. The van der Waals surface area contributed by atoms with Crippen LogP contribution >= 0.6 is 0 Å². The zero-order chi connectivity index (χ0) is 22.6. The van der Waals surface area contributed by atoms with Gasteiger partial charge >= 0.3 is 0 Å². The molecule has 0 aliphatic carbocycles. The lowest BCUT2D eigenvalue weighted by atomic mass is 9.89. The minimum Gasteiger partial charge on any atom is -0.331 e. The van der Waals surface area contributed by atoms with Crippen LogP contribution in [0.4, 0.5) is 5.69 Å². The standard InChI is InChI=1S/C24H31N5O2S/c1-19(2)32(30,31)27-22-8-5-6-21(14-22)20-9-12-28(13-10-20)16-24-17-29(18-26-24)15-23-7-3-4-11-25-23/h3-8,11,14,17-20,27H,9-10,12-13,15-16H2,1-2H3. The van der Waals surface area contributed by atoms with E-state index in [4.69, 9.17) is 0 Å². The minimum absolute atomic E-state index is 0.441. The third-order valence-electron chi connectivity index (χ3n) is 5.97. The van der Waals surface area contributed by atoms with Crippen LogP contribution in [0.15, 0.2) is 61.2 Å². The van der Waals surface area contributed by atoms with E-state index in [-0.39, 0.29) is 0 Å². The van der Waals surface area contributed by atoms with Crippen LogP contribution < -0.4 is 4.72 Å². The Kier molecular flexibility index (Phi) is 6.91. The fourth-order valence-corrected chi connectivity index (χ4v) is 4.74. The maximum atomic E-state index is 12.2. The molecular formula is C24H31N5O2S. The van der Waals surface area contributed by atoms with Crippen LogP contribution in [0.1, 0.15) is 49.6 Å². The van der Waals surface area contributed by atoms with Crippen LogP contribution in [-0.2, 0) is 23.1 Å². The molecule has 0 bridgehead atoms.